The topological polar surface area (TPSA) is 96.4 Å². The molecular formula is C34H54FN7O4. The first-order valence-electron chi connectivity index (χ1n) is 16.7. The summed E-state index contributed by atoms with van der Waals surface area (Å²) in [6.07, 6.45) is 4.85. The number of methoxy groups -OCH3 is 2. The molecule has 2 saturated heterocycles. The van der Waals surface area contributed by atoms with Crippen LogP contribution in [0.5, 0.6) is 11.6 Å². The molecule has 12 heteroatoms. The molecule has 2 fully saturated rings. The van der Waals surface area contributed by atoms with Gasteiger partial charge in [0.05, 0.1) is 18.3 Å². The van der Waals surface area contributed by atoms with E-state index in [0.29, 0.717) is 30.9 Å². The van der Waals surface area contributed by atoms with Gasteiger partial charge in [0.25, 0.3) is 11.8 Å². The molecule has 11 nitrogen and oxygen atoms in total. The van der Waals surface area contributed by atoms with Gasteiger partial charge < -0.3 is 28.9 Å². The van der Waals surface area contributed by atoms with Gasteiger partial charge in [-0.25, -0.2) is 9.37 Å². The van der Waals surface area contributed by atoms with E-state index in [4.69, 9.17) is 14.2 Å². The van der Waals surface area contributed by atoms with Crippen LogP contribution in [-0.4, -0.2) is 128 Å². The summed E-state index contributed by atoms with van der Waals surface area (Å²) in [5.41, 5.74) is 0.340. The fourth-order valence-electron chi connectivity index (χ4n) is 7.05. The first-order valence-corrected chi connectivity index (χ1v) is 16.7. The summed E-state index contributed by atoms with van der Waals surface area (Å²) >= 11 is 0. The van der Waals surface area contributed by atoms with Crippen LogP contribution in [0.15, 0.2) is 24.5 Å². The molecular weight excluding hydrogens is 589 g/mol. The van der Waals surface area contributed by atoms with E-state index in [2.05, 4.69) is 50.8 Å². The summed E-state index contributed by atoms with van der Waals surface area (Å²) in [7, 11) is 5.60. The minimum absolute atomic E-state index is 0.0448. The quantitative estimate of drug-likeness (QED) is 0.244. The highest BCUT2D eigenvalue weighted by atomic mass is 19.1. The highest BCUT2D eigenvalue weighted by Crippen LogP contribution is 2.44. The predicted molar refractivity (Wildman–Crippen MR) is 177 cm³/mol. The van der Waals surface area contributed by atoms with Gasteiger partial charge in [-0.05, 0) is 77.7 Å². The summed E-state index contributed by atoms with van der Waals surface area (Å²) in [5.74, 6) is 0.817. The van der Waals surface area contributed by atoms with Gasteiger partial charge >= 0.3 is 0 Å². The van der Waals surface area contributed by atoms with E-state index in [9.17, 15) is 9.18 Å². The van der Waals surface area contributed by atoms with Crippen molar-refractivity contribution >= 4 is 11.7 Å². The monoisotopic (exact) mass is 643 g/mol. The third kappa shape index (κ3) is 8.70. The molecule has 2 aliphatic heterocycles. The molecule has 2 aromatic rings. The second-order valence-corrected chi connectivity index (χ2v) is 13.6. The Kier molecular flexibility index (Phi) is 12.7. The molecule has 0 bridgehead atoms. The third-order valence-electron chi connectivity index (χ3n) is 9.47. The van der Waals surface area contributed by atoms with E-state index in [1.165, 1.54) is 24.5 Å². The van der Waals surface area contributed by atoms with Gasteiger partial charge in [0.2, 0.25) is 0 Å². The van der Waals surface area contributed by atoms with E-state index in [1.807, 2.05) is 20.8 Å². The van der Waals surface area contributed by atoms with Crippen molar-refractivity contribution in [3.63, 3.8) is 0 Å². The maximum absolute atomic E-state index is 14.3. The predicted octanol–water partition coefficient (Wildman–Crippen LogP) is 4.58. The van der Waals surface area contributed by atoms with Crippen LogP contribution in [0.25, 0.3) is 0 Å². The Hall–Kier alpha value is -2.93. The van der Waals surface area contributed by atoms with Crippen molar-refractivity contribution < 1.29 is 23.4 Å². The molecule has 46 heavy (non-hydrogen) atoms. The van der Waals surface area contributed by atoms with Gasteiger partial charge in [-0.15, -0.1) is 10.2 Å². The number of hydrogen-bond acceptors (Lipinski definition) is 10. The summed E-state index contributed by atoms with van der Waals surface area (Å²) in [6, 6.07) is 4.48. The van der Waals surface area contributed by atoms with Crippen LogP contribution in [0.2, 0.25) is 0 Å². The maximum Gasteiger partial charge on any atom is 0.282 e. The summed E-state index contributed by atoms with van der Waals surface area (Å²) in [6.45, 7) is 17.2. The van der Waals surface area contributed by atoms with Crippen molar-refractivity contribution in [2.24, 2.45) is 11.3 Å². The number of carbonyl (C=O) groups is 1. The number of hydrogen-bond donors (Lipinski definition) is 0. The zero-order valence-corrected chi connectivity index (χ0v) is 29.0. The zero-order chi connectivity index (χ0) is 33.4. The smallest absolute Gasteiger partial charge is 0.282 e. The highest BCUT2D eigenvalue weighted by molar-refractivity contribution is 5.97. The Morgan fingerprint density at radius 2 is 1.91 bits per heavy atom. The molecule has 4 rings (SSSR count). The van der Waals surface area contributed by atoms with Crippen LogP contribution < -0.4 is 9.64 Å². The number of likely N-dealkylation sites (tertiary alicyclic amines) is 1. The van der Waals surface area contributed by atoms with E-state index in [0.717, 1.165) is 58.5 Å². The molecule has 256 valence electrons. The van der Waals surface area contributed by atoms with Crippen LogP contribution in [0.1, 0.15) is 64.2 Å². The number of rotatable bonds is 17. The standard InChI is InChI=1S/C34H54FN7O4/c1-9-42(25(4)5)33(43)28-17-26(35)12-13-30(28)46-32-31(36-23-37-38-32)40-16-14-34(20-40)21-41(22-34)29(24(2)3)11-10-15-39(6)18-27(45-8)19-44-7/h12-13,17,23-25,27,29H,9-11,14-16,18-22H2,1-8H3/t27-,29-/m1/s1. The van der Waals surface area contributed by atoms with Gasteiger partial charge in [-0.3, -0.25) is 9.69 Å². The number of benzene rings is 1. The van der Waals surface area contributed by atoms with E-state index < -0.39 is 5.82 Å². The van der Waals surface area contributed by atoms with Gasteiger partial charge in [-0.2, -0.15) is 0 Å². The molecule has 0 N–H and O–H groups in total. The second-order valence-electron chi connectivity index (χ2n) is 13.6. The molecule has 1 aromatic heterocycles. The van der Waals surface area contributed by atoms with Gasteiger partial charge in [-0.1, -0.05) is 13.8 Å². The molecule has 0 radical (unpaired) electrons. The summed E-state index contributed by atoms with van der Waals surface area (Å²) in [4.78, 5) is 26.8. The van der Waals surface area contributed by atoms with Crippen molar-refractivity contribution in [1.29, 1.82) is 0 Å². The van der Waals surface area contributed by atoms with Crippen molar-refractivity contribution in [2.45, 2.75) is 72.1 Å². The van der Waals surface area contributed by atoms with Crippen molar-refractivity contribution in [3.8, 4) is 11.6 Å². The number of amides is 1. The Bertz CT molecular complexity index is 1280. The second kappa shape index (κ2) is 16.3. The molecule has 2 aliphatic rings. The molecule has 1 amide bonds. The SMILES string of the molecule is CCN(C(=O)c1cc(F)ccc1Oc1nncnc1N1CCC2(C1)CN([C@H](CCCN(C)C[C@H](COC)OC)C(C)C)C2)C(C)C. The fourth-order valence-corrected chi connectivity index (χ4v) is 7.05. The van der Waals surface area contributed by atoms with Gasteiger partial charge in [0, 0.05) is 71.0 Å². The van der Waals surface area contributed by atoms with Crippen molar-refractivity contribution in [2.75, 3.05) is 78.6 Å². The number of carbonyl (C=O) groups excluding carboxylic acids is 1. The minimum Gasteiger partial charge on any atom is -0.434 e. The molecule has 1 aromatic carbocycles. The number of nitrogens with zero attached hydrogens (tertiary/aromatic N) is 7. The van der Waals surface area contributed by atoms with Gasteiger partial charge in [0.15, 0.2) is 5.82 Å². The largest absolute Gasteiger partial charge is 0.434 e. The van der Waals surface area contributed by atoms with Crippen LogP contribution in [-0.2, 0) is 9.47 Å². The zero-order valence-electron chi connectivity index (χ0n) is 29.0. The lowest BCUT2D eigenvalue weighted by atomic mass is 9.76. The maximum atomic E-state index is 14.3. The summed E-state index contributed by atoms with van der Waals surface area (Å²) < 4.78 is 31.3. The van der Waals surface area contributed by atoms with E-state index >= 15 is 0 Å². The first kappa shape index (κ1) is 35.9. The number of anilines is 1. The van der Waals surface area contributed by atoms with Crippen molar-refractivity contribution in [1.82, 2.24) is 29.9 Å². The lowest BCUT2D eigenvalue weighted by Crippen LogP contribution is -2.62. The average molecular weight is 644 g/mol. The van der Waals surface area contributed by atoms with E-state index in [-0.39, 0.29) is 40.7 Å². The Balaban J connectivity index is 1.38. The van der Waals surface area contributed by atoms with Crippen molar-refractivity contribution in [3.05, 3.63) is 35.9 Å². The van der Waals surface area contributed by atoms with Crippen LogP contribution in [0.4, 0.5) is 10.2 Å². The van der Waals surface area contributed by atoms with E-state index in [1.54, 1.807) is 19.1 Å². The summed E-state index contributed by atoms with van der Waals surface area (Å²) in [5, 5.41) is 8.23. The van der Waals surface area contributed by atoms with Gasteiger partial charge in [0.1, 0.15) is 17.9 Å². The van der Waals surface area contributed by atoms with Crippen LogP contribution >= 0.6 is 0 Å². The first-order chi connectivity index (χ1) is 22.0. The lowest BCUT2D eigenvalue weighted by Gasteiger charge is -2.53. The Morgan fingerprint density at radius 3 is 2.57 bits per heavy atom. The fraction of sp³-hybridized carbons (Fsp3) is 0.706. The molecule has 3 heterocycles. The number of likely N-dealkylation sites (N-methyl/N-ethyl adjacent to an activating group) is 1. The average Bonchev–Trinajstić information content (AvgIpc) is 3.45. The Morgan fingerprint density at radius 1 is 1.15 bits per heavy atom. The van der Waals surface area contributed by atoms with Crippen LogP contribution in [0.3, 0.4) is 0 Å². The molecule has 0 aliphatic carbocycles. The molecule has 2 atom stereocenters. The molecule has 0 unspecified atom stereocenters. The lowest BCUT2D eigenvalue weighted by molar-refractivity contribution is -0.0350. The molecule has 0 saturated carbocycles. The number of halogens is 1. The number of aromatic nitrogens is 3. The normalized spacial score (nSPS) is 17.6. The third-order valence-corrected chi connectivity index (χ3v) is 9.47. The van der Waals surface area contributed by atoms with Crippen LogP contribution in [0, 0.1) is 17.2 Å². The molecule has 1 spiro atoms. The highest BCUT2D eigenvalue weighted by Gasteiger charge is 2.50. The number of ether oxygens (including phenoxy) is 3. The Labute approximate surface area is 274 Å². The minimum atomic E-state index is -0.502.